The molecule has 1 aromatic heterocycles. The van der Waals surface area contributed by atoms with Gasteiger partial charge in [0.25, 0.3) is 5.91 Å². The molecular formula is C24H19NO4S2. The molecule has 1 saturated heterocycles. The number of hydrogen-bond donors (Lipinski definition) is 1. The molecule has 31 heavy (non-hydrogen) atoms. The number of nitrogens with zero attached hydrogens (tertiary/aromatic N) is 1. The summed E-state index contributed by atoms with van der Waals surface area (Å²) in [6.45, 7) is 5.85. The summed E-state index contributed by atoms with van der Waals surface area (Å²) in [4.78, 5) is 26.4. The third-order valence-electron chi connectivity index (χ3n) is 5.04. The van der Waals surface area contributed by atoms with Crippen molar-refractivity contribution >= 4 is 51.9 Å². The fourth-order valence-corrected chi connectivity index (χ4v) is 4.72. The minimum Gasteiger partial charge on any atom is -0.478 e. The van der Waals surface area contributed by atoms with Crippen molar-refractivity contribution in [1.82, 2.24) is 0 Å². The topological polar surface area (TPSA) is 70.8 Å². The van der Waals surface area contributed by atoms with Gasteiger partial charge < -0.3 is 9.52 Å². The molecule has 2 aromatic carbocycles. The maximum absolute atomic E-state index is 13.1. The highest BCUT2D eigenvalue weighted by atomic mass is 32.2. The lowest BCUT2D eigenvalue weighted by molar-refractivity contribution is -0.113. The summed E-state index contributed by atoms with van der Waals surface area (Å²) < 4.78 is 6.39. The third kappa shape index (κ3) is 4.06. The van der Waals surface area contributed by atoms with Gasteiger partial charge in [0.05, 0.1) is 16.2 Å². The van der Waals surface area contributed by atoms with Crippen LogP contribution in [-0.4, -0.2) is 21.3 Å². The Morgan fingerprint density at radius 3 is 2.55 bits per heavy atom. The Kier molecular flexibility index (Phi) is 5.56. The molecule has 0 unspecified atom stereocenters. The third-order valence-corrected chi connectivity index (χ3v) is 6.34. The van der Waals surface area contributed by atoms with E-state index in [1.807, 2.05) is 39.0 Å². The van der Waals surface area contributed by atoms with Crippen LogP contribution in [0.5, 0.6) is 0 Å². The van der Waals surface area contributed by atoms with Gasteiger partial charge in [0.15, 0.2) is 4.32 Å². The largest absolute Gasteiger partial charge is 0.478 e. The van der Waals surface area contributed by atoms with Crippen LogP contribution in [0.15, 0.2) is 57.9 Å². The number of carbonyl (C=O) groups is 2. The number of anilines is 1. The van der Waals surface area contributed by atoms with Crippen LogP contribution in [0.3, 0.4) is 0 Å². The summed E-state index contributed by atoms with van der Waals surface area (Å²) in [5.41, 5.74) is 4.65. The zero-order valence-corrected chi connectivity index (χ0v) is 18.8. The van der Waals surface area contributed by atoms with Crippen LogP contribution in [0.2, 0.25) is 0 Å². The van der Waals surface area contributed by atoms with E-state index in [4.69, 9.17) is 16.6 Å². The van der Waals surface area contributed by atoms with Gasteiger partial charge in [-0.25, -0.2) is 4.79 Å². The highest BCUT2D eigenvalue weighted by Gasteiger charge is 2.34. The van der Waals surface area contributed by atoms with Gasteiger partial charge in [0, 0.05) is 11.6 Å². The van der Waals surface area contributed by atoms with Gasteiger partial charge in [-0.3, -0.25) is 9.69 Å². The summed E-state index contributed by atoms with van der Waals surface area (Å²) in [5.74, 6) is -0.153. The SMILES string of the molecule is Cc1ccc(N2C(=O)/C(=C\c3ccc(-c4cc(C(=O)O)ccc4C)o3)SC2=S)c(C)c1. The number of benzene rings is 2. The number of aromatic carboxylic acids is 1. The molecule has 1 aliphatic rings. The molecule has 0 aliphatic carbocycles. The molecule has 1 amide bonds. The van der Waals surface area contributed by atoms with Crippen molar-refractivity contribution in [3.8, 4) is 11.3 Å². The van der Waals surface area contributed by atoms with Crippen molar-refractivity contribution in [2.45, 2.75) is 20.8 Å². The molecule has 1 fully saturated rings. The first kappa shape index (κ1) is 21.1. The molecule has 1 aliphatic heterocycles. The average Bonchev–Trinajstić information content (AvgIpc) is 3.27. The van der Waals surface area contributed by atoms with E-state index in [0.717, 1.165) is 22.4 Å². The van der Waals surface area contributed by atoms with Gasteiger partial charge >= 0.3 is 5.97 Å². The number of carboxylic acid groups (broad SMARTS) is 1. The fraction of sp³-hybridized carbons (Fsp3) is 0.125. The van der Waals surface area contributed by atoms with E-state index in [1.54, 1.807) is 41.3 Å². The first-order valence-electron chi connectivity index (χ1n) is 9.54. The molecule has 3 aromatic rings. The molecule has 0 radical (unpaired) electrons. The predicted molar refractivity (Wildman–Crippen MR) is 127 cm³/mol. The molecule has 0 saturated carbocycles. The van der Waals surface area contributed by atoms with Gasteiger partial charge in [-0.15, -0.1) is 0 Å². The lowest BCUT2D eigenvalue weighted by Crippen LogP contribution is -2.28. The molecular weight excluding hydrogens is 430 g/mol. The van der Waals surface area contributed by atoms with E-state index in [-0.39, 0.29) is 11.5 Å². The standard InChI is InChI=1S/C24H19NO4S2/c1-13-4-8-19(15(3)10-13)25-22(26)21(31-24(25)30)12-17-7-9-20(29-17)18-11-16(23(27)28)6-5-14(18)2/h4-12H,1-3H3,(H,27,28)/b21-12+. The van der Waals surface area contributed by atoms with Crippen molar-refractivity contribution in [2.24, 2.45) is 0 Å². The van der Waals surface area contributed by atoms with Gasteiger partial charge in [-0.05, 0) is 62.2 Å². The van der Waals surface area contributed by atoms with Gasteiger partial charge in [-0.2, -0.15) is 0 Å². The van der Waals surface area contributed by atoms with Crippen LogP contribution < -0.4 is 4.90 Å². The highest BCUT2D eigenvalue weighted by Crippen LogP contribution is 2.38. The number of hydrogen-bond acceptors (Lipinski definition) is 5. The second kappa shape index (κ2) is 8.17. The lowest BCUT2D eigenvalue weighted by Gasteiger charge is -2.17. The van der Waals surface area contributed by atoms with Gasteiger partial charge in [0.1, 0.15) is 11.5 Å². The Hall–Kier alpha value is -3.16. The van der Waals surface area contributed by atoms with Crippen LogP contribution in [0, 0.1) is 20.8 Å². The summed E-state index contributed by atoms with van der Waals surface area (Å²) in [7, 11) is 0. The normalized spacial score (nSPS) is 15.2. The zero-order valence-electron chi connectivity index (χ0n) is 17.1. The number of thiocarbonyl (C=S) groups is 1. The molecule has 4 rings (SSSR count). The van der Waals surface area contributed by atoms with Crippen molar-refractivity contribution in [3.63, 3.8) is 0 Å². The molecule has 1 N–H and O–H groups in total. The molecule has 5 nitrogen and oxygen atoms in total. The summed E-state index contributed by atoms with van der Waals surface area (Å²) in [6, 6.07) is 14.3. The number of aryl methyl sites for hydroxylation is 3. The average molecular weight is 450 g/mol. The monoisotopic (exact) mass is 449 g/mol. The van der Waals surface area contributed by atoms with Crippen molar-refractivity contribution in [2.75, 3.05) is 4.90 Å². The predicted octanol–water partition coefficient (Wildman–Crippen LogP) is 5.98. The number of carboxylic acids is 1. The molecule has 0 bridgehead atoms. The van der Waals surface area contributed by atoms with E-state index in [1.165, 1.54) is 11.8 Å². The van der Waals surface area contributed by atoms with Crippen LogP contribution in [0.25, 0.3) is 17.4 Å². The molecule has 0 atom stereocenters. The highest BCUT2D eigenvalue weighted by molar-refractivity contribution is 8.27. The second-order valence-electron chi connectivity index (χ2n) is 7.34. The summed E-state index contributed by atoms with van der Waals surface area (Å²) in [5, 5.41) is 9.25. The minimum absolute atomic E-state index is 0.188. The van der Waals surface area contributed by atoms with E-state index < -0.39 is 5.97 Å². The summed E-state index contributed by atoms with van der Waals surface area (Å²) >= 11 is 6.69. The Morgan fingerprint density at radius 1 is 1.06 bits per heavy atom. The van der Waals surface area contributed by atoms with Crippen molar-refractivity contribution in [3.05, 3.63) is 81.5 Å². The first-order chi connectivity index (χ1) is 14.7. The van der Waals surface area contributed by atoms with Crippen LogP contribution in [0.1, 0.15) is 32.8 Å². The number of furan rings is 1. The van der Waals surface area contributed by atoms with Crippen LogP contribution >= 0.6 is 24.0 Å². The van der Waals surface area contributed by atoms with E-state index in [9.17, 15) is 14.7 Å². The fourth-order valence-electron chi connectivity index (χ4n) is 3.46. The molecule has 156 valence electrons. The number of rotatable bonds is 4. The smallest absolute Gasteiger partial charge is 0.335 e. The number of thioether (sulfide) groups is 1. The van der Waals surface area contributed by atoms with Gasteiger partial charge in [-0.1, -0.05) is 47.7 Å². The minimum atomic E-state index is -0.997. The quantitative estimate of drug-likeness (QED) is 0.390. The Bertz CT molecular complexity index is 1270. The van der Waals surface area contributed by atoms with E-state index in [2.05, 4.69) is 0 Å². The van der Waals surface area contributed by atoms with Crippen molar-refractivity contribution in [1.29, 1.82) is 0 Å². The molecule has 2 heterocycles. The second-order valence-corrected chi connectivity index (χ2v) is 9.02. The van der Waals surface area contributed by atoms with Crippen molar-refractivity contribution < 1.29 is 19.1 Å². The Labute approximate surface area is 189 Å². The maximum atomic E-state index is 13.1. The molecule has 0 spiro atoms. The van der Waals surface area contributed by atoms with Crippen LogP contribution in [-0.2, 0) is 4.79 Å². The number of carbonyl (C=O) groups excluding carboxylic acids is 1. The lowest BCUT2D eigenvalue weighted by atomic mass is 10.0. The Morgan fingerprint density at radius 2 is 1.84 bits per heavy atom. The first-order valence-corrected chi connectivity index (χ1v) is 10.8. The summed E-state index contributed by atoms with van der Waals surface area (Å²) in [6.07, 6.45) is 1.67. The zero-order chi connectivity index (χ0) is 22.3. The maximum Gasteiger partial charge on any atom is 0.335 e. The van der Waals surface area contributed by atoms with E-state index >= 15 is 0 Å². The number of amides is 1. The van der Waals surface area contributed by atoms with Crippen LogP contribution in [0.4, 0.5) is 5.69 Å². The molecule has 7 heteroatoms. The van der Waals surface area contributed by atoms with Gasteiger partial charge in [0.2, 0.25) is 0 Å². The van der Waals surface area contributed by atoms with E-state index in [0.29, 0.717) is 26.3 Å². The Balaban J connectivity index is 1.64.